The summed E-state index contributed by atoms with van der Waals surface area (Å²) in [5.41, 5.74) is 6.59. The van der Waals surface area contributed by atoms with Crippen molar-refractivity contribution < 1.29 is 0 Å². The second-order valence-corrected chi connectivity index (χ2v) is 6.85. The lowest BCUT2D eigenvalue weighted by Crippen LogP contribution is -2.24. The molecule has 4 rings (SSSR count). The Hall–Kier alpha value is -2.06. The van der Waals surface area contributed by atoms with E-state index in [9.17, 15) is 0 Å². The van der Waals surface area contributed by atoms with Gasteiger partial charge in [0.15, 0.2) is 0 Å². The maximum atomic E-state index is 3.49. The highest BCUT2D eigenvalue weighted by atomic mass is 79.9. The van der Waals surface area contributed by atoms with Gasteiger partial charge in [-0.3, -0.25) is 0 Å². The number of para-hydroxylation sites is 1. The molecule has 0 aromatic heterocycles. The molecule has 23 heavy (non-hydrogen) atoms. The molecule has 0 amide bonds. The molecule has 1 nitrogen and oxygen atoms in total. The van der Waals surface area contributed by atoms with Gasteiger partial charge in [-0.1, -0.05) is 58.4 Å². The lowest BCUT2D eigenvalue weighted by Gasteiger charge is -2.31. The molecule has 1 aliphatic heterocycles. The molecule has 0 unspecified atom stereocenters. The molecule has 0 bridgehead atoms. The van der Waals surface area contributed by atoms with Crippen LogP contribution in [0, 0.1) is 0 Å². The molecular formula is C21H18BrN. The van der Waals surface area contributed by atoms with Crippen molar-refractivity contribution in [2.24, 2.45) is 0 Å². The zero-order valence-electron chi connectivity index (χ0n) is 12.9. The Kier molecular flexibility index (Phi) is 3.92. The van der Waals surface area contributed by atoms with Crippen LogP contribution in [-0.4, -0.2) is 6.54 Å². The number of anilines is 2. The first-order valence-corrected chi connectivity index (χ1v) is 8.82. The minimum atomic E-state index is 1.09. The lowest BCUT2D eigenvalue weighted by atomic mass is 10.0. The van der Waals surface area contributed by atoms with Gasteiger partial charge in [0.05, 0.1) is 0 Å². The Morgan fingerprint density at radius 3 is 2.13 bits per heavy atom. The smallest absolute Gasteiger partial charge is 0.0443 e. The Bertz CT molecular complexity index is 806. The van der Waals surface area contributed by atoms with E-state index in [1.165, 1.54) is 40.9 Å². The minimum Gasteiger partial charge on any atom is -0.341 e. The number of hydrogen-bond donors (Lipinski definition) is 0. The van der Waals surface area contributed by atoms with Gasteiger partial charge in [0.25, 0.3) is 0 Å². The van der Waals surface area contributed by atoms with E-state index >= 15 is 0 Å². The Morgan fingerprint density at radius 2 is 1.39 bits per heavy atom. The molecule has 0 spiro atoms. The fourth-order valence-corrected chi connectivity index (χ4v) is 3.54. The van der Waals surface area contributed by atoms with Crippen molar-refractivity contribution in [2.45, 2.75) is 12.8 Å². The molecule has 0 atom stereocenters. The molecule has 114 valence electrons. The molecule has 3 aromatic rings. The summed E-state index contributed by atoms with van der Waals surface area (Å²) in [6, 6.07) is 26.1. The van der Waals surface area contributed by atoms with Crippen LogP contribution in [0.2, 0.25) is 0 Å². The predicted octanol–water partition coefficient (Wildman–Crippen LogP) is 6.20. The van der Waals surface area contributed by atoms with E-state index in [0.29, 0.717) is 0 Å². The number of fused-ring (bicyclic) bond motifs is 1. The quantitative estimate of drug-likeness (QED) is 0.523. The van der Waals surface area contributed by atoms with Gasteiger partial charge in [0.2, 0.25) is 0 Å². The van der Waals surface area contributed by atoms with Crippen LogP contribution < -0.4 is 4.90 Å². The highest BCUT2D eigenvalue weighted by Gasteiger charge is 2.17. The van der Waals surface area contributed by atoms with Crippen molar-refractivity contribution in [2.75, 3.05) is 11.4 Å². The zero-order chi connectivity index (χ0) is 15.6. The first-order chi connectivity index (χ1) is 11.3. The summed E-state index contributed by atoms with van der Waals surface area (Å²) in [7, 11) is 0. The minimum absolute atomic E-state index is 1.09. The van der Waals surface area contributed by atoms with E-state index in [1.54, 1.807) is 0 Å². The van der Waals surface area contributed by atoms with Gasteiger partial charge in [0.1, 0.15) is 0 Å². The van der Waals surface area contributed by atoms with Crippen LogP contribution in [-0.2, 0) is 6.42 Å². The van der Waals surface area contributed by atoms with Crippen LogP contribution in [0.1, 0.15) is 12.0 Å². The summed E-state index contributed by atoms with van der Waals surface area (Å²) in [6.45, 7) is 1.09. The van der Waals surface area contributed by atoms with Gasteiger partial charge in [-0.05, 0) is 59.9 Å². The predicted molar refractivity (Wildman–Crippen MR) is 101 cm³/mol. The van der Waals surface area contributed by atoms with Gasteiger partial charge in [-0.25, -0.2) is 0 Å². The summed E-state index contributed by atoms with van der Waals surface area (Å²) >= 11 is 3.49. The number of nitrogens with zero attached hydrogens (tertiary/aromatic N) is 1. The SMILES string of the molecule is Brc1ccc(-c2ccc(N3CCCc4ccccc43)cc2)cc1. The number of benzene rings is 3. The van der Waals surface area contributed by atoms with Crippen LogP contribution in [0.3, 0.4) is 0 Å². The molecular weight excluding hydrogens is 346 g/mol. The van der Waals surface area contributed by atoms with Gasteiger partial charge in [0, 0.05) is 22.4 Å². The van der Waals surface area contributed by atoms with Gasteiger partial charge in [-0.2, -0.15) is 0 Å². The van der Waals surface area contributed by atoms with Crippen molar-refractivity contribution in [1.82, 2.24) is 0 Å². The average molecular weight is 364 g/mol. The highest BCUT2D eigenvalue weighted by molar-refractivity contribution is 9.10. The molecule has 1 heterocycles. The second kappa shape index (κ2) is 6.21. The molecule has 0 aliphatic carbocycles. The summed E-state index contributed by atoms with van der Waals surface area (Å²) in [4.78, 5) is 2.43. The second-order valence-electron chi connectivity index (χ2n) is 5.94. The van der Waals surface area contributed by atoms with Crippen molar-refractivity contribution in [3.05, 3.63) is 82.8 Å². The van der Waals surface area contributed by atoms with E-state index < -0.39 is 0 Å². The van der Waals surface area contributed by atoms with Crippen molar-refractivity contribution in [3.8, 4) is 11.1 Å². The first-order valence-electron chi connectivity index (χ1n) is 8.03. The summed E-state index contributed by atoms with van der Waals surface area (Å²) in [5.74, 6) is 0. The van der Waals surface area contributed by atoms with Gasteiger partial charge >= 0.3 is 0 Å². The van der Waals surface area contributed by atoms with Crippen LogP contribution in [0.15, 0.2) is 77.3 Å². The largest absolute Gasteiger partial charge is 0.341 e. The molecule has 0 saturated carbocycles. The van der Waals surface area contributed by atoms with Crippen molar-refractivity contribution >= 4 is 27.3 Å². The zero-order valence-corrected chi connectivity index (χ0v) is 14.5. The van der Waals surface area contributed by atoms with Gasteiger partial charge in [-0.15, -0.1) is 0 Å². The third-order valence-corrected chi connectivity index (χ3v) is 5.00. The monoisotopic (exact) mass is 363 g/mol. The number of hydrogen-bond acceptors (Lipinski definition) is 1. The fraction of sp³-hybridized carbons (Fsp3) is 0.143. The molecule has 2 heteroatoms. The average Bonchev–Trinajstić information content (AvgIpc) is 2.62. The van der Waals surface area contributed by atoms with Crippen LogP contribution in [0.5, 0.6) is 0 Å². The van der Waals surface area contributed by atoms with Crippen molar-refractivity contribution in [3.63, 3.8) is 0 Å². The molecule has 0 N–H and O–H groups in total. The van der Waals surface area contributed by atoms with E-state index in [-0.39, 0.29) is 0 Å². The van der Waals surface area contributed by atoms with Crippen LogP contribution in [0.25, 0.3) is 11.1 Å². The fourth-order valence-electron chi connectivity index (χ4n) is 3.28. The summed E-state index contributed by atoms with van der Waals surface area (Å²) < 4.78 is 1.11. The molecule has 0 radical (unpaired) electrons. The maximum absolute atomic E-state index is 3.49. The van der Waals surface area contributed by atoms with E-state index in [1.807, 2.05) is 0 Å². The number of aryl methyl sites for hydroxylation is 1. The van der Waals surface area contributed by atoms with E-state index in [0.717, 1.165) is 11.0 Å². The molecule has 0 fully saturated rings. The summed E-state index contributed by atoms with van der Waals surface area (Å²) in [6.07, 6.45) is 2.40. The third-order valence-electron chi connectivity index (χ3n) is 4.47. The number of rotatable bonds is 2. The van der Waals surface area contributed by atoms with Crippen LogP contribution in [0.4, 0.5) is 11.4 Å². The first kappa shape index (κ1) is 14.5. The third kappa shape index (κ3) is 2.91. The maximum Gasteiger partial charge on any atom is 0.0443 e. The molecule has 0 saturated heterocycles. The highest BCUT2D eigenvalue weighted by Crippen LogP contribution is 2.34. The standard InChI is InChI=1S/C21H18BrN/c22-19-11-7-16(8-12-19)17-9-13-20(14-10-17)23-15-3-5-18-4-1-2-6-21(18)23/h1-2,4,6-14H,3,5,15H2. The van der Waals surface area contributed by atoms with Gasteiger partial charge < -0.3 is 4.90 Å². The van der Waals surface area contributed by atoms with Crippen LogP contribution >= 0.6 is 15.9 Å². The topological polar surface area (TPSA) is 3.24 Å². The normalized spacial score (nSPS) is 13.7. The Labute approximate surface area is 145 Å². The van der Waals surface area contributed by atoms with Crippen molar-refractivity contribution in [1.29, 1.82) is 0 Å². The molecule has 3 aromatic carbocycles. The lowest BCUT2D eigenvalue weighted by molar-refractivity contribution is 0.767. The summed E-state index contributed by atoms with van der Waals surface area (Å²) in [5, 5.41) is 0. The Balaban J connectivity index is 1.65. The van der Waals surface area contributed by atoms with E-state index in [4.69, 9.17) is 0 Å². The molecule has 1 aliphatic rings. The van der Waals surface area contributed by atoms with E-state index in [2.05, 4.69) is 93.6 Å². The number of halogens is 1. The Morgan fingerprint density at radius 1 is 0.739 bits per heavy atom.